The largest absolute Gasteiger partial charge is 0.496 e. The topological polar surface area (TPSA) is 47.6 Å². The van der Waals surface area contributed by atoms with Crippen LogP contribution in [0.2, 0.25) is 0 Å². The third kappa shape index (κ3) is 5.28. The fourth-order valence-corrected chi connectivity index (χ4v) is 2.77. The van der Waals surface area contributed by atoms with Crippen LogP contribution in [-0.2, 0) is 11.2 Å². The van der Waals surface area contributed by atoms with Gasteiger partial charge in [0.15, 0.2) is 6.61 Å². The molecule has 0 aliphatic rings. The third-order valence-electron chi connectivity index (χ3n) is 3.36. The van der Waals surface area contributed by atoms with Crippen LogP contribution in [0, 0.1) is 6.92 Å². The number of hydrogen-bond acceptors (Lipinski definition) is 3. The summed E-state index contributed by atoms with van der Waals surface area (Å²) >= 11 is 3.43. The van der Waals surface area contributed by atoms with Gasteiger partial charge >= 0.3 is 0 Å². The standard InChI is InChI=1S/C18H20BrNO3/c1-13-7-8-17(15(19)11-13)23-12-18(21)20-10-9-14-5-3-4-6-16(14)22-2/h3-8,11H,9-10,12H2,1-2H3,(H,20,21). The molecule has 0 atom stereocenters. The second kappa shape index (κ2) is 8.58. The van der Waals surface area contributed by atoms with Gasteiger partial charge in [0, 0.05) is 6.54 Å². The molecule has 0 fully saturated rings. The van der Waals surface area contributed by atoms with E-state index in [-0.39, 0.29) is 12.5 Å². The highest BCUT2D eigenvalue weighted by molar-refractivity contribution is 9.10. The van der Waals surface area contributed by atoms with Gasteiger partial charge in [0.25, 0.3) is 5.91 Å². The van der Waals surface area contributed by atoms with Crippen LogP contribution in [0.4, 0.5) is 0 Å². The fraction of sp³-hybridized carbons (Fsp3) is 0.278. The highest BCUT2D eigenvalue weighted by atomic mass is 79.9. The molecule has 2 rings (SSSR count). The Morgan fingerprint density at radius 1 is 1.17 bits per heavy atom. The summed E-state index contributed by atoms with van der Waals surface area (Å²) in [6.07, 6.45) is 0.712. The van der Waals surface area contributed by atoms with E-state index in [2.05, 4.69) is 21.2 Å². The summed E-state index contributed by atoms with van der Waals surface area (Å²) in [5, 5.41) is 2.85. The molecule has 2 aromatic rings. The fourth-order valence-electron chi connectivity index (χ4n) is 2.16. The summed E-state index contributed by atoms with van der Waals surface area (Å²) in [6.45, 7) is 2.53. The van der Waals surface area contributed by atoms with Crippen molar-refractivity contribution in [3.05, 3.63) is 58.1 Å². The van der Waals surface area contributed by atoms with Crippen LogP contribution in [-0.4, -0.2) is 26.2 Å². The second-order valence-corrected chi connectivity index (χ2v) is 5.99. The Hall–Kier alpha value is -2.01. The van der Waals surface area contributed by atoms with Crippen molar-refractivity contribution in [3.8, 4) is 11.5 Å². The Kier molecular flexibility index (Phi) is 6.47. The quantitative estimate of drug-likeness (QED) is 0.802. The Labute approximate surface area is 144 Å². The summed E-state index contributed by atoms with van der Waals surface area (Å²) in [6, 6.07) is 13.5. The molecule has 5 heteroatoms. The maximum atomic E-state index is 11.9. The van der Waals surface area contributed by atoms with E-state index in [9.17, 15) is 4.79 Å². The van der Waals surface area contributed by atoms with Crippen LogP contribution in [0.3, 0.4) is 0 Å². The van der Waals surface area contributed by atoms with Gasteiger partial charge in [-0.15, -0.1) is 0 Å². The van der Waals surface area contributed by atoms with E-state index in [1.807, 2.05) is 49.4 Å². The number of carbonyl (C=O) groups is 1. The van der Waals surface area contributed by atoms with Crippen molar-refractivity contribution in [1.29, 1.82) is 0 Å². The number of ether oxygens (including phenoxy) is 2. The molecule has 0 saturated heterocycles. The number of rotatable bonds is 7. The SMILES string of the molecule is COc1ccccc1CCNC(=O)COc1ccc(C)cc1Br. The van der Waals surface area contributed by atoms with Crippen LogP contribution in [0.5, 0.6) is 11.5 Å². The summed E-state index contributed by atoms with van der Waals surface area (Å²) in [5.74, 6) is 1.35. The van der Waals surface area contributed by atoms with Crippen LogP contribution in [0.15, 0.2) is 46.9 Å². The number of para-hydroxylation sites is 1. The zero-order valence-electron chi connectivity index (χ0n) is 13.3. The Balaban J connectivity index is 1.77. The van der Waals surface area contributed by atoms with Gasteiger partial charge < -0.3 is 14.8 Å². The van der Waals surface area contributed by atoms with Crippen LogP contribution >= 0.6 is 15.9 Å². The average molecular weight is 378 g/mol. The van der Waals surface area contributed by atoms with Crippen LogP contribution in [0.1, 0.15) is 11.1 Å². The number of carbonyl (C=O) groups excluding carboxylic acids is 1. The van der Waals surface area contributed by atoms with Crippen molar-refractivity contribution in [2.24, 2.45) is 0 Å². The molecule has 0 spiro atoms. The molecule has 4 nitrogen and oxygen atoms in total. The van der Waals surface area contributed by atoms with Crippen molar-refractivity contribution in [1.82, 2.24) is 5.32 Å². The van der Waals surface area contributed by atoms with E-state index in [1.54, 1.807) is 7.11 Å². The molecular formula is C18H20BrNO3. The predicted molar refractivity (Wildman–Crippen MR) is 94.1 cm³/mol. The van der Waals surface area contributed by atoms with Gasteiger partial charge in [-0.3, -0.25) is 4.79 Å². The molecule has 2 aromatic carbocycles. The van der Waals surface area contributed by atoms with Crippen molar-refractivity contribution >= 4 is 21.8 Å². The summed E-state index contributed by atoms with van der Waals surface area (Å²) in [4.78, 5) is 11.9. The van der Waals surface area contributed by atoms with Crippen molar-refractivity contribution in [3.63, 3.8) is 0 Å². The van der Waals surface area contributed by atoms with Crippen molar-refractivity contribution < 1.29 is 14.3 Å². The molecule has 0 radical (unpaired) electrons. The number of methoxy groups -OCH3 is 1. The first-order chi connectivity index (χ1) is 11.1. The van der Waals surface area contributed by atoms with Gasteiger partial charge in [0.05, 0.1) is 11.6 Å². The number of benzene rings is 2. The maximum Gasteiger partial charge on any atom is 0.257 e. The smallest absolute Gasteiger partial charge is 0.257 e. The van der Waals surface area contributed by atoms with Gasteiger partial charge in [-0.1, -0.05) is 24.3 Å². The van der Waals surface area contributed by atoms with Crippen molar-refractivity contribution in [2.75, 3.05) is 20.3 Å². The van der Waals surface area contributed by atoms with Gasteiger partial charge in [-0.05, 0) is 58.6 Å². The van der Waals surface area contributed by atoms with E-state index in [1.165, 1.54) is 0 Å². The molecule has 0 heterocycles. The van der Waals surface area contributed by atoms with Gasteiger partial charge in [-0.2, -0.15) is 0 Å². The van der Waals surface area contributed by atoms with Gasteiger partial charge in [-0.25, -0.2) is 0 Å². The highest BCUT2D eigenvalue weighted by Gasteiger charge is 2.07. The van der Waals surface area contributed by atoms with Gasteiger partial charge in [0.1, 0.15) is 11.5 Å². The summed E-state index contributed by atoms with van der Waals surface area (Å²) in [5.41, 5.74) is 2.20. The molecule has 122 valence electrons. The van der Waals surface area contributed by atoms with E-state index < -0.39 is 0 Å². The Morgan fingerprint density at radius 2 is 1.96 bits per heavy atom. The monoisotopic (exact) mass is 377 g/mol. The number of aryl methyl sites for hydroxylation is 1. The predicted octanol–water partition coefficient (Wildman–Crippen LogP) is 3.50. The summed E-state index contributed by atoms with van der Waals surface area (Å²) < 4.78 is 11.7. The normalized spacial score (nSPS) is 10.2. The lowest BCUT2D eigenvalue weighted by molar-refractivity contribution is -0.123. The van der Waals surface area contributed by atoms with E-state index in [4.69, 9.17) is 9.47 Å². The maximum absolute atomic E-state index is 11.9. The van der Waals surface area contributed by atoms with Crippen LogP contribution in [0.25, 0.3) is 0 Å². The number of nitrogens with one attached hydrogen (secondary N) is 1. The van der Waals surface area contributed by atoms with Crippen LogP contribution < -0.4 is 14.8 Å². The molecule has 0 saturated carbocycles. The number of hydrogen-bond donors (Lipinski definition) is 1. The zero-order valence-corrected chi connectivity index (χ0v) is 14.9. The lowest BCUT2D eigenvalue weighted by Gasteiger charge is -2.10. The Morgan fingerprint density at radius 3 is 2.70 bits per heavy atom. The molecule has 0 unspecified atom stereocenters. The number of halogens is 1. The molecule has 0 aromatic heterocycles. The van der Waals surface area contributed by atoms with E-state index in [0.29, 0.717) is 18.7 Å². The molecule has 23 heavy (non-hydrogen) atoms. The van der Waals surface area contributed by atoms with E-state index in [0.717, 1.165) is 21.3 Å². The molecule has 0 aliphatic carbocycles. The molecular weight excluding hydrogens is 358 g/mol. The molecule has 0 aliphatic heterocycles. The minimum atomic E-state index is -0.146. The lowest BCUT2D eigenvalue weighted by atomic mass is 10.1. The summed E-state index contributed by atoms with van der Waals surface area (Å²) in [7, 11) is 1.64. The zero-order chi connectivity index (χ0) is 16.7. The van der Waals surface area contributed by atoms with Gasteiger partial charge in [0.2, 0.25) is 0 Å². The molecule has 1 N–H and O–H groups in total. The van der Waals surface area contributed by atoms with E-state index >= 15 is 0 Å². The second-order valence-electron chi connectivity index (χ2n) is 5.13. The first-order valence-corrected chi connectivity index (χ1v) is 8.17. The minimum absolute atomic E-state index is 0.00636. The Bertz CT molecular complexity index is 673. The third-order valence-corrected chi connectivity index (χ3v) is 3.97. The molecule has 0 bridgehead atoms. The number of amides is 1. The molecule has 1 amide bonds. The first kappa shape index (κ1) is 17.3. The minimum Gasteiger partial charge on any atom is -0.496 e. The average Bonchev–Trinajstić information content (AvgIpc) is 2.54. The lowest BCUT2D eigenvalue weighted by Crippen LogP contribution is -2.30. The van der Waals surface area contributed by atoms with Crippen molar-refractivity contribution in [2.45, 2.75) is 13.3 Å². The first-order valence-electron chi connectivity index (χ1n) is 7.37. The highest BCUT2D eigenvalue weighted by Crippen LogP contribution is 2.25.